The molecule has 0 radical (unpaired) electrons. The molecule has 15 heavy (non-hydrogen) atoms. The predicted octanol–water partition coefficient (Wildman–Crippen LogP) is 2.57. The second-order valence-electron chi connectivity index (χ2n) is 4.21. The van der Waals surface area contributed by atoms with E-state index in [1.54, 1.807) is 18.0 Å². The minimum Gasteiger partial charge on any atom is -0.397 e. The number of nitrogens with zero attached hydrogens (tertiary/aromatic N) is 1. The van der Waals surface area contributed by atoms with Crippen LogP contribution in [-0.2, 0) is 4.74 Å². The highest BCUT2D eigenvalue weighted by Gasteiger charge is 2.09. The molecule has 0 saturated heterocycles. The smallest absolute Gasteiger partial charge is 0.119 e. The Labute approximate surface area is 95.4 Å². The summed E-state index contributed by atoms with van der Waals surface area (Å²) < 4.78 is 5.60. The molecule has 0 aliphatic carbocycles. The van der Waals surface area contributed by atoms with E-state index < -0.39 is 0 Å². The van der Waals surface area contributed by atoms with Gasteiger partial charge in [-0.15, -0.1) is 11.8 Å². The average Bonchev–Trinajstić information content (AvgIpc) is 2.13. The van der Waals surface area contributed by atoms with E-state index in [1.165, 1.54) is 0 Å². The number of thioether (sulfide) groups is 1. The van der Waals surface area contributed by atoms with Gasteiger partial charge in [0.1, 0.15) is 5.03 Å². The fourth-order valence-electron chi connectivity index (χ4n) is 1.01. The van der Waals surface area contributed by atoms with Crippen molar-refractivity contribution in [2.24, 2.45) is 0 Å². The van der Waals surface area contributed by atoms with Gasteiger partial charge < -0.3 is 10.5 Å². The van der Waals surface area contributed by atoms with Gasteiger partial charge in [0.25, 0.3) is 0 Å². The highest BCUT2D eigenvalue weighted by atomic mass is 32.2. The van der Waals surface area contributed by atoms with Crippen LogP contribution in [0.1, 0.15) is 20.8 Å². The largest absolute Gasteiger partial charge is 0.397 e. The van der Waals surface area contributed by atoms with Crippen molar-refractivity contribution in [1.29, 1.82) is 0 Å². The first-order valence-corrected chi connectivity index (χ1v) is 5.95. The fraction of sp³-hybridized carbons (Fsp3) is 0.545. The normalized spacial score (nSPS) is 11.7. The molecule has 0 saturated carbocycles. The number of nitrogen functional groups attached to an aromatic ring is 1. The topological polar surface area (TPSA) is 48.1 Å². The van der Waals surface area contributed by atoms with Crippen LogP contribution in [0.2, 0.25) is 0 Å². The summed E-state index contributed by atoms with van der Waals surface area (Å²) in [6.07, 6.45) is 1.75. The van der Waals surface area contributed by atoms with Crippen LogP contribution in [-0.4, -0.2) is 22.9 Å². The summed E-state index contributed by atoms with van der Waals surface area (Å²) in [4.78, 5) is 4.19. The van der Waals surface area contributed by atoms with E-state index in [1.807, 2.05) is 32.9 Å². The Hall–Kier alpha value is -0.740. The number of pyridine rings is 1. The standard InChI is InChI=1S/C11H18N2OS/c1-11(2,3)14-7-8-15-10-9(12)5-4-6-13-10/h4-6H,7-8,12H2,1-3H3. The van der Waals surface area contributed by atoms with Crippen LogP contribution < -0.4 is 5.73 Å². The van der Waals surface area contributed by atoms with Gasteiger partial charge in [-0.05, 0) is 32.9 Å². The first-order chi connectivity index (χ1) is 6.99. The molecule has 0 amide bonds. The molecule has 0 aromatic carbocycles. The Balaban J connectivity index is 2.30. The number of hydrogen-bond donors (Lipinski definition) is 1. The van der Waals surface area contributed by atoms with Gasteiger partial charge in [0.2, 0.25) is 0 Å². The van der Waals surface area contributed by atoms with Gasteiger partial charge in [0.15, 0.2) is 0 Å². The Morgan fingerprint density at radius 2 is 2.20 bits per heavy atom. The summed E-state index contributed by atoms with van der Waals surface area (Å²) in [7, 11) is 0. The van der Waals surface area contributed by atoms with Gasteiger partial charge in [-0.25, -0.2) is 4.98 Å². The van der Waals surface area contributed by atoms with Gasteiger partial charge in [-0.1, -0.05) is 0 Å². The molecule has 0 unspecified atom stereocenters. The minimum atomic E-state index is -0.0732. The molecule has 0 aliphatic rings. The molecule has 0 atom stereocenters. The molecule has 0 fully saturated rings. The quantitative estimate of drug-likeness (QED) is 0.633. The maximum Gasteiger partial charge on any atom is 0.119 e. The Bertz CT molecular complexity index is 310. The molecule has 1 heterocycles. The van der Waals surface area contributed by atoms with Crippen molar-refractivity contribution in [1.82, 2.24) is 4.98 Å². The first-order valence-electron chi connectivity index (χ1n) is 4.96. The molecule has 1 rings (SSSR count). The third kappa shape index (κ3) is 5.04. The van der Waals surface area contributed by atoms with Crippen LogP contribution in [0.3, 0.4) is 0 Å². The lowest BCUT2D eigenvalue weighted by atomic mass is 10.2. The maximum atomic E-state index is 5.76. The van der Waals surface area contributed by atoms with E-state index in [4.69, 9.17) is 10.5 Å². The zero-order chi connectivity index (χ0) is 11.3. The summed E-state index contributed by atoms with van der Waals surface area (Å²) in [6, 6.07) is 3.70. The lowest BCUT2D eigenvalue weighted by molar-refractivity contribution is 0.00694. The van der Waals surface area contributed by atoms with Gasteiger partial charge in [0, 0.05) is 11.9 Å². The van der Waals surface area contributed by atoms with E-state index in [0.717, 1.165) is 16.5 Å². The van der Waals surface area contributed by atoms with E-state index in [-0.39, 0.29) is 5.60 Å². The van der Waals surface area contributed by atoms with Crippen molar-refractivity contribution < 1.29 is 4.74 Å². The minimum absolute atomic E-state index is 0.0732. The second kappa shape index (κ2) is 5.37. The average molecular weight is 226 g/mol. The highest BCUT2D eigenvalue weighted by molar-refractivity contribution is 7.99. The zero-order valence-corrected chi connectivity index (χ0v) is 10.3. The summed E-state index contributed by atoms with van der Waals surface area (Å²) in [5.74, 6) is 0.873. The number of nitrogens with two attached hydrogens (primary N) is 1. The second-order valence-corrected chi connectivity index (χ2v) is 5.29. The van der Waals surface area contributed by atoms with Crippen molar-refractivity contribution >= 4 is 17.4 Å². The van der Waals surface area contributed by atoms with Crippen LogP contribution in [0, 0.1) is 0 Å². The molecule has 0 aliphatic heterocycles. The number of rotatable bonds is 4. The maximum absolute atomic E-state index is 5.76. The summed E-state index contributed by atoms with van der Waals surface area (Å²) >= 11 is 1.63. The first kappa shape index (κ1) is 12.3. The molecular formula is C11H18N2OS. The molecule has 0 bridgehead atoms. The Kier molecular flexibility index (Phi) is 4.42. The Morgan fingerprint density at radius 1 is 1.47 bits per heavy atom. The summed E-state index contributed by atoms with van der Waals surface area (Å²) in [5, 5.41) is 0.884. The van der Waals surface area contributed by atoms with Crippen LogP contribution in [0.15, 0.2) is 23.4 Å². The summed E-state index contributed by atoms with van der Waals surface area (Å²) in [5.41, 5.74) is 6.43. The molecule has 1 aromatic rings. The van der Waals surface area contributed by atoms with E-state index >= 15 is 0 Å². The van der Waals surface area contributed by atoms with E-state index in [2.05, 4.69) is 4.98 Å². The van der Waals surface area contributed by atoms with Crippen molar-refractivity contribution in [3.63, 3.8) is 0 Å². The van der Waals surface area contributed by atoms with Gasteiger partial charge >= 0.3 is 0 Å². The van der Waals surface area contributed by atoms with Gasteiger partial charge in [-0.2, -0.15) is 0 Å². The predicted molar refractivity (Wildman–Crippen MR) is 65.1 cm³/mol. The SMILES string of the molecule is CC(C)(C)OCCSc1ncccc1N. The third-order valence-corrected chi connectivity index (χ3v) is 2.64. The number of aromatic nitrogens is 1. The Morgan fingerprint density at radius 3 is 2.80 bits per heavy atom. The number of ether oxygens (including phenoxy) is 1. The van der Waals surface area contributed by atoms with Crippen LogP contribution in [0.4, 0.5) is 5.69 Å². The van der Waals surface area contributed by atoms with Gasteiger partial charge in [0.05, 0.1) is 17.9 Å². The van der Waals surface area contributed by atoms with E-state index in [0.29, 0.717) is 6.61 Å². The van der Waals surface area contributed by atoms with Crippen LogP contribution in [0.5, 0.6) is 0 Å². The van der Waals surface area contributed by atoms with Crippen molar-refractivity contribution in [2.75, 3.05) is 18.1 Å². The molecule has 84 valence electrons. The number of hydrogen-bond acceptors (Lipinski definition) is 4. The molecule has 4 heteroatoms. The molecular weight excluding hydrogens is 208 g/mol. The third-order valence-electron chi connectivity index (χ3n) is 1.66. The lowest BCUT2D eigenvalue weighted by Gasteiger charge is -2.19. The van der Waals surface area contributed by atoms with Crippen LogP contribution in [0.25, 0.3) is 0 Å². The fourth-order valence-corrected chi connectivity index (χ4v) is 1.74. The van der Waals surface area contributed by atoms with Crippen molar-refractivity contribution in [3.05, 3.63) is 18.3 Å². The van der Waals surface area contributed by atoms with Crippen molar-refractivity contribution in [2.45, 2.75) is 31.4 Å². The molecule has 0 spiro atoms. The molecule has 2 N–H and O–H groups in total. The van der Waals surface area contributed by atoms with E-state index in [9.17, 15) is 0 Å². The van der Waals surface area contributed by atoms with Crippen LogP contribution >= 0.6 is 11.8 Å². The lowest BCUT2D eigenvalue weighted by Crippen LogP contribution is -2.20. The molecule has 1 aromatic heterocycles. The molecule has 3 nitrogen and oxygen atoms in total. The number of anilines is 1. The highest BCUT2D eigenvalue weighted by Crippen LogP contribution is 2.21. The summed E-state index contributed by atoms with van der Waals surface area (Å²) in [6.45, 7) is 6.86. The monoisotopic (exact) mass is 226 g/mol. The van der Waals surface area contributed by atoms with Gasteiger partial charge in [-0.3, -0.25) is 0 Å². The zero-order valence-electron chi connectivity index (χ0n) is 9.49. The van der Waals surface area contributed by atoms with Crippen molar-refractivity contribution in [3.8, 4) is 0 Å².